The second-order valence-corrected chi connectivity index (χ2v) is 10.4. The van der Waals surface area contributed by atoms with Gasteiger partial charge in [-0.1, -0.05) is 11.6 Å². The van der Waals surface area contributed by atoms with Gasteiger partial charge in [0.15, 0.2) is 0 Å². The van der Waals surface area contributed by atoms with Gasteiger partial charge in [0.25, 0.3) is 5.91 Å². The van der Waals surface area contributed by atoms with E-state index < -0.39 is 10.0 Å². The van der Waals surface area contributed by atoms with Crippen LogP contribution >= 0.6 is 54.8 Å². The highest BCUT2D eigenvalue weighted by molar-refractivity contribution is 9.13. The summed E-state index contributed by atoms with van der Waals surface area (Å²) in [5.74, 6) is -0.336. The number of halogens is 3. The Bertz CT molecular complexity index is 847. The molecule has 0 spiro atoms. The molecule has 0 aliphatic heterocycles. The summed E-state index contributed by atoms with van der Waals surface area (Å²) >= 11 is 13.9. The molecule has 0 aliphatic rings. The highest BCUT2D eigenvalue weighted by Gasteiger charge is 2.22. The summed E-state index contributed by atoms with van der Waals surface area (Å²) in [6, 6.07) is 6.01. The molecule has 23 heavy (non-hydrogen) atoms. The molecule has 124 valence electrons. The zero-order valence-corrected chi connectivity index (χ0v) is 17.5. The van der Waals surface area contributed by atoms with Crippen LogP contribution in [-0.2, 0) is 10.0 Å². The molecule has 10 heteroatoms. The molecule has 0 bridgehead atoms. The molecule has 0 atom stereocenters. The Hall–Kier alpha value is -0.450. The van der Waals surface area contributed by atoms with Crippen LogP contribution in [0.1, 0.15) is 9.67 Å². The normalized spacial score (nSPS) is 11.7. The number of rotatable bonds is 4. The molecule has 5 nitrogen and oxygen atoms in total. The van der Waals surface area contributed by atoms with E-state index in [1.807, 2.05) is 0 Å². The average Bonchev–Trinajstić information content (AvgIpc) is 2.80. The van der Waals surface area contributed by atoms with Crippen LogP contribution in [0.3, 0.4) is 0 Å². The van der Waals surface area contributed by atoms with Crippen LogP contribution in [0.4, 0.5) is 5.69 Å². The number of hydrogen-bond donors (Lipinski definition) is 1. The molecule has 0 saturated carbocycles. The van der Waals surface area contributed by atoms with Crippen LogP contribution in [0.5, 0.6) is 0 Å². The predicted octanol–water partition coefficient (Wildman–Crippen LogP) is 4.43. The van der Waals surface area contributed by atoms with Crippen molar-refractivity contribution in [3.05, 3.63) is 42.4 Å². The molecule has 2 aromatic rings. The number of carbonyl (C=O) groups is 1. The summed E-state index contributed by atoms with van der Waals surface area (Å²) in [7, 11) is -0.867. The van der Waals surface area contributed by atoms with Crippen LogP contribution in [0.15, 0.2) is 37.4 Å². The first-order valence-corrected chi connectivity index (χ1v) is 10.3. The number of sulfonamides is 1. The Balaban J connectivity index is 2.33. The van der Waals surface area contributed by atoms with Crippen molar-refractivity contribution < 1.29 is 13.2 Å². The van der Waals surface area contributed by atoms with Gasteiger partial charge in [-0.25, -0.2) is 12.7 Å². The van der Waals surface area contributed by atoms with E-state index in [0.29, 0.717) is 10.6 Å². The Morgan fingerprint density at radius 1 is 1.26 bits per heavy atom. The fourth-order valence-electron chi connectivity index (χ4n) is 1.63. The molecule has 0 aliphatic carbocycles. The van der Waals surface area contributed by atoms with Gasteiger partial charge in [0, 0.05) is 24.3 Å². The maximum atomic E-state index is 12.2. The lowest BCUT2D eigenvalue weighted by molar-refractivity contribution is 0.103. The molecule has 0 unspecified atom stereocenters. The third kappa shape index (κ3) is 4.15. The molecule has 2 rings (SSSR count). The smallest absolute Gasteiger partial charge is 0.265 e. The van der Waals surface area contributed by atoms with Crippen LogP contribution in [0, 0.1) is 0 Å². The quantitative estimate of drug-likeness (QED) is 0.673. The predicted molar refractivity (Wildman–Crippen MR) is 100.0 cm³/mol. The van der Waals surface area contributed by atoms with Crippen LogP contribution in [0.2, 0.25) is 5.02 Å². The molecular formula is C13H11Br2ClN2O3S2. The standard InChI is InChI=1S/C13H11Br2ClN2O3S2/c1-18(2)23(20,21)11-5-7(3-4-9(11)16)17-13(19)10-6-8(14)12(15)22-10/h3-6H,1-2H3,(H,17,19). The van der Waals surface area contributed by atoms with E-state index in [4.69, 9.17) is 11.6 Å². The lowest BCUT2D eigenvalue weighted by atomic mass is 10.3. The number of amides is 1. The number of nitrogens with zero attached hydrogens (tertiary/aromatic N) is 1. The van der Waals surface area contributed by atoms with E-state index in [0.717, 1.165) is 12.6 Å². The topological polar surface area (TPSA) is 66.5 Å². The minimum atomic E-state index is -3.70. The van der Waals surface area contributed by atoms with E-state index in [1.54, 1.807) is 12.1 Å². The number of benzene rings is 1. The minimum absolute atomic E-state index is 0.0597. The van der Waals surface area contributed by atoms with Crippen LogP contribution in [-0.4, -0.2) is 32.7 Å². The number of nitrogens with one attached hydrogen (secondary N) is 1. The van der Waals surface area contributed by atoms with E-state index in [-0.39, 0.29) is 15.8 Å². The Morgan fingerprint density at radius 2 is 1.91 bits per heavy atom. The largest absolute Gasteiger partial charge is 0.321 e. The number of hydrogen-bond acceptors (Lipinski definition) is 4. The molecule has 0 fully saturated rings. The third-order valence-corrected chi connectivity index (χ3v) is 8.37. The van der Waals surface area contributed by atoms with Crippen molar-refractivity contribution in [1.29, 1.82) is 0 Å². The summed E-state index contributed by atoms with van der Waals surface area (Å²) in [6.07, 6.45) is 0. The molecule has 1 heterocycles. The van der Waals surface area contributed by atoms with E-state index in [1.165, 1.54) is 37.6 Å². The van der Waals surface area contributed by atoms with Crippen molar-refractivity contribution >= 4 is 76.4 Å². The summed E-state index contributed by atoms with van der Waals surface area (Å²) in [5.41, 5.74) is 0.348. The number of anilines is 1. The van der Waals surface area contributed by atoms with Gasteiger partial charge in [-0.15, -0.1) is 11.3 Å². The van der Waals surface area contributed by atoms with Gasteiger partial charge < -0.3 is 5.32 Å². The molecule has 1 amide bonds. The SMILES string of the molecule is CN(C)S(=O)(=O)c1cc(NC(=O)c2cc(Br)c(Br)s2)ccc1Cl. The summed E-state index contributed by atoms with van der Waals surface area (Å²) in [5, 5.41) is 2.76. The first-order chi connectivity index (χ1) is 10.6. The van der Waals surface area contributed by atoms with E-state index in [9.17, 15) is 13.2 Å². The van der Waals surface area contributed by atoms with Crippen molar-refractivity contribution in [3.63, 3.8) is 0 Å². The highest BCUT2D eigenvalue weighted by atomic mass is 79.9. The van der Waals surface area contributed by atoms with Crippen LogP contribution < -0.4 is 5.32 Å². The fraction of sp³-hybridized carbons (Fsp3) is 0.154. The monoisotopic (exact) mass is 500 g/mol. The highest BCUT2D eigenvalue weighted by Crippen LogP contribution is 2.33. The van der Waals surface area contributed by atoms with E-state index in [2.05, 4.69) is 37.2 Å². The molecule has 0 radical (unpaired) electrons. The third-order valence-electron chi connectivity index (χ3n) is 2.82. The first-order valence-electron chi connectivity index (χ1n) is 6.11. The molecule has 0 saturated heterocycles. The van der Waals surface area contributed by atoms with Gasteiger partial charge in [-0.05, 0) is 56.1 Å². The van der Waals surface area contributed by atoms with Crippen molar-refractivity contribution in [3.8, 4) is 0 Å². The first kappa shape index (κ1) is 18.9. The second-order valence-electron chi connectivity index (χ2n) is 4.62. The Labute approximate surface area is 159 Å². The van der Waals surface area contributed by atoms with Crippen molar-refractivity contribution in [2.45, 2.75) is 4.90 Å². The maximum Gasteiger partial charge on any atom is 0.265 e. The van der Waals surface area contributed by atoms with Crippen LogP contribution in [0.25, 0.3) is 0 Å². The second kappa shape index (κ2) is 7.20. The lowest BCUT2D eigenvalue weighted by Crippen LogP contribution is -2.22. The molecule has 1 aromatic carbocycles. The van der Waals surface area contributed by atoms with Crippen molar-refractivity contribution in [2.24, 2.45) is 0 Å². The van der Waals surface area contributed by atoms with Crippen molar-refractivity contribution in [1.82, 2.24) is 4.31 Å². The van der Waals surface area contributed by atoms with Gasteiger partial charge in [0.2, 0.25) is 10.0 Å². The van der Waals surface area contributed by atoms with Gasteiger partial charge in [0.1, 0.15) is 4.90 Å². The Morgan fingerprint density at radius 3 is 2.43 bits per heavy atom. The fourth-order valence-corrected chi connectivity index (χ4v) is 4.95. The number of carbonyl (C=O) groups excluding carboxylic acids is 1. The minimum Gasteiger partial charge on any atom is -0.321 e. The maximum absolute atomic E-state index is 12.2. The molecule has 1 N–H and O–H groups in total. The van der Waals surface area contributed by atoms with Gasteiger partial charge in [-0.3, -0.25) is 4.79 Å². The summed E-state index contributed by atoms with van der Waals surface area (Å²) < 4.78 is 27.1. The Kier molecular flexibility index (Phi) is 5.91. The lowest BCUT2D eigenvalue weighted by Gasteiger charge is -2.14. The van der Waals surface area contributed by atoms with Gasteiger partial charge in [-0.2, -0.15) is 0 Å². The zero-order chi connectivity index (χ0) is 17.4. The summed E-state index contributed by atoms with van der Waals surface area (Å²) in [6.45, 7) is 0. The molecule has 1 aromatic heterocycles. The van der Waals surface area contributed by atoms with Gasteiger partial charge in [0.05, 0.1) is 13.7 Å². The van der Waals surface area contributed by atoms with Crippen molar-refractivity contribution in [2.75, 3.05) is 19.4 Å². The van der Waals surface area contributed by atoms with E-state index >= 15 is 0 Å². The number of thiophene rings is 1. The van der Waals surface area contributed by atoms with Gasteiger partial charge >= 0.3 is 0 Å². The molecular weight excluding hydrogens is 492 g/mol. The average molecular weight is 503 g/mol. The summed E-state index contributed by atoms with van der Waals surface area (Å²) in [4.78, 5) is 12.6. The zero-order valence-electron chi connectivity index (χ0n) is 11.9.